The summed E-state index contributed by atoms with van der Waals surface area (Å²) in [4.78, 5) is 31.7. The number of hydrogen-bond acceptors (Lipinski definition) is 7. The van der Waals surface area contributed by atoms with E-state index in [9.17, 15) is 9.59 Å². The van der Waals surface area contributed by atoms with E-state index in [-0.39, 0.29) is 18.0 Å². The second kappa shape index (κ2) is 7.28. The Morgan fingerprint density at radius 1 is 1.36 bits per heavy atom. The standard InChI is InChI=1S/C18H17N5O3S2/c1-10-8-11-15(28-10)20-17-22(21-18(27-3)23(17)16(11)25)9-14(24)19-12-6-4-5-7-13(12)26-2/h4-8H,9H2,1-3H3,(H,19,24). The number of ether oxygens (including phenoxy) is 1. The Labute approximate surface area is 168 Å². The van der Waals surface area contributed by atoms with Crippen molar-refractivity contribution in [2.24, 2.45) is 0 Å². The number of benzene rings is 1. The van der Waals surface area contributed by atoms with Gasteiger partial charge in [-0.1, -0.05) is 23.9 Å². The van der Waals surface area contributed by atoms with E-state index in [4.69, 9.17) is 4.74 Å². The summed E-state index contributed by atoms with van der Waals surface area (Å²) in [6.07, 6.45) is 1.83. The van der Waals surface area contributed by atoms with Gasteiger partial charge in [0.05, 0.1) is 18.2 Å². The first-order valence-electron chi connectivity index (χ1n) is 8.38. The summed E-state index contributed by atoms with van der Waals surface area (Å²) in [5.41, 5.74) is 0.392. The lowest BCUT2D eigenvalue weighted by Crippen LogP contribution is -2.21. The number of carbonyl (C=O) groups excluding carboxylic acids is 1. The third-order valence-electron chi connectivity index (χ3n) is 4.16. The molecule has 0 bridgehead atoms. The van der Waals surface area contributed by atoms with E-state index in [0.29, 0.717) is 32.6 Å². The number of nitrogens with one attached hydrogen (secondary N) is 1. The first kappa shape index (κ1) is 18.5. The van der Waals surface area contributed by atoms with Crippen molar-refractivity contribution in [3.05, 3.63) is 45.6 Å². The number of aryl methyl sites for hydroxylation is 1. The molecule has 0 aliphatic carbocycles. The molecule has 0 aliphatic heterocycles. The van der Waals surface area contributed by atoms with Crippen molar-refractivity contribution >= 4 is 50.7 Å². The van der Waals surface area contributed by atoms with Crippen molar-refractivity contribution < 1.29 is 9.53 Å². The fourth-order valence-corrected chi connectivity index (χ4v) is 4.33. The van der Waals surface area contributed by atoms with Crippen LogP contribution in [-0.2, 0) is 11.3 Å². The highest BCUT2D eigenvalue weighted by molar-refractivity contribution is 7.98. The minimum absolute atomic E-state index is 0.0790. The minimum Gasteiger partial charge on any atom is -0.495 e. The molecule has 0 aliphatic rings. The molecule has 4 rings (SSSR count). The van der Waals surface area contributed by atoms with Gasteiger partial charge in [0.2, 0.25) is 11.7 Å². The molecule has 28 heavy (non-hydrogen) atoms. The number of methoxy groups -OCH3 is 1. The van der Waals surface area contributed by atoms with Gasteiger partial charge in [-0.2, -0.15) is 0 Å². The summed E-state index contributed by atoms with van der Waals surface area (Å²) in [5, 5.41) is 8.28. The smallest absolute Gasteiger partial charge is 0.270 e. The third-order valence-corrected chi connectivity index (χ3v) is 5.73. The Morgan fingerprint density at radius 3 is 2.89 bits per heavy atom. The molecular weight excluding hydrogens is 398 g/mol. The molecule has 3 heterocycles. The number of hydrogen-bond donors (Lipinski definition) is 1. The molecule has 0 fully saturated rings. The monoisotopic (exact) mass is 415 g/mol. The van der Waals surface area contributed by atoms with Crippen LogP contribution in [0.3, 0.4) is 0 Å². The highest BCUT2D eigenvalue weighted by Crippen LogP contribution is 2.24. The molecule has 0 radical (unpaired) electrons. The summed E-state index contributed by atoms with van der Waals surface area (Å²) in [7, 11) is 1.54. The normalized spacial score (nSPS) is 11.2. The van der Waals surface area contributed by atoms with Crippen molar-refractivity contribution in [3.8, 4) is 5.75 Å². The molecule has 10 heteroatoms. The number of anilines is 1. The van der Waals surface area contributed by atoms with E-state index < -0.39 is 0 Å². The van der Waals surface area contributed by atoms with Gasteiger partial charge in [0.15, 0.2) is 5.16 Å². The maximum absolute atomic E-state index is 12.9. The lowest BCUT2D eigenvalue weighted by atomic mass is 10.3. The summed E-state index contributed by atoms with van der Waals surface area (Å²) in [5.74, 6) is 0.619. The zero-order valence-electron chi connectivity index (χ0n) is 15.4. The first-order chi connectivity index (χ1) is 13.5. The lowest BCUT2D eigenvalue weighted by Gasteiger charge is -2.09. The predicted octanol–water partition coefficient (Wildman–Crippen LogP) is 2.78. The molecule has 8 nitrogen and oxygen atoms in total. The van der Waals surface area contributed by atoms with Gasteiger partial charge in [-0.3, -0.25) is 9.59 Å². The Morgan fingerprint density at radius 2 is 2.14 bits per heavy atom. The quantitative estimate of drug-likeness (QED) is 0.504. The van der Waals surface area contributed by atoms with Gasteiger partial charge < -0.3 is 10.1 Å². The van der Waals surface area contributed by atoms with Crippen LogP contribution in [-0.4, -0.2) is 38.4 Å². The number of rotatable bonds is 5. The van der Waals surface area contributed by atoms with E-state index in [1.807, 2.05) is 31.4 Å². The fourth-order valence-electron chi connectivity index (χ4n) is 2.94. The van der Waals surface area contributed by atoms with E-state index in [2.05, 4.69) is 15.4 Å². The molecule has 0 unspecified atom stereocenters. The largest absolute Gasteiger partial charge is 0.495 e. The number of thiophene rings is 1. The molecule has 144 valence electrons. The molecule has 0 atom stereocenters. The molecule has 0 spiro atoms. The number of aromatic nitrogens is 4. The maximum atomic E-state index is 12.9. The van der Waals surface area contributed by atoms with Crippen LogP contribution in [0.1, 0.15) is 4.88 Å². The Balaban J connectivity index is 1.74. The van der Waals surface area contributed by atoms with E-state index in [0.717, 1.165) is 4.88 Å². The average molecular weight is 416 g/mol. The molecule has 4 aromatic rings. The van der Waals surface area contributed by atoms with Crippen LogP contribution < -0.4 is 15.6 Å². The van der Waals surface area contributed by atoms with Crippen LogP contribution in [0.25, 0.3) is 16.0 Å². The van der Waals surface area contributed by atoms with Gasteiger partial charge in [-0.15, -0.1) is 16.4 Å². The van der Waals surface area contributed by atoms with Crippen molar-refractivity contribution in [2.45, 2.75) is 18.6 Å². The van der Waals surface area contributed by atoms with Crippen LogP contribution in [0.15, 0.2) is 40.3 Å². The average Bonchev–Trinajstić information content (AvgIpc) is 3.22. The van der Waals surface area contributed by atoms with Gasteiger partial charge in [0.1, 0.15) is 17.1 Å². The van der Waals surface area contributed by atoms with E-state index in [1.165, 1.54) is 32.2 Å². The molecule has 0 saturated heterocycles. The van der Waals surface area contributed by atoms with Crippen molar-refractivity contribution in [2.75, 3.05) is 18.7 Å². The number of carbonyl (C=O) groups is 1. The summed E-state index contributed by atoms with van der Waals surface area (Å²) in [6.45, 7) is 1.86. The number of thioether (sulfide) groups is 1. The van der Waals surface area contributed by atoms with Gasteiger partial charge >= 0.3 is 0 Å². The zero-order valence-corrected chi connectivity index (χ0v) is 17.1. The van der Waals surface area contributed by atoms with Crippen molar-refractivity contribution in [1.82, 2.24) is 19.2 Å². The van der Waals surface area contributed by atoms with Crippen LogP contribution >= 0.6 is 23.1 Å². The number of amides is 1. The lowest BCUT2D eigenvalue weighted by molar-refractivity contribution is -0.116. The summed E-state index contributed by atoms with van der Waals surface area (Å²) >= 11 is 2.77. The Hall–Kier alpha value is -2.85. The van der Waals surface area contributed by atoms with Crippen LogP contribution in [0.4, 0.5) is 5.69 Å². The number of fused-ring (bicyclic) bond motifs is 2. The summed E-state index contributed by atoms with van der Waals surface area (Å²) in [6, 6.07) is 8.99. The molecule has 3 aromatic heterocycles. The predicted molar refractivity (Wildman–Crippen MR) is 111 cm³/mol. The Bertz CT molecular complexity index is 1260. The maximum Gasteiger partial charge on any atom is 0.270 e. The Kier molecular flexibility index (Phi) is 4.82. The zero-order chi connectivity index (χ0) is 19.8. The van der Waals surface area contributed by atoms with Gasteiger partial charge in [0, 0.05) is 4.88 Å². The van der Waals surface area contributed by atoms with E-state index >= 15 is 0 Å². The fraction of sp³-hybridized carbons (Fsp3) is 0.222. The van der Waals surface area contributed by atoms with Gasteiger partial charge in [-0.05, 0) is 31.4 Å². The van der Waals surface area contributed by atoms with Crippen molar-refractivity contribution in [1.29, 1.82) is 0 Å². The van der Waals surface area contributed by atoms with Gasteiger partial charge in [-0.25, -0.2) is 14.1 Å². The second-order valence-corrected chi connectivity index (χ2v) is 8.03. The topological polar surface area (TPSA) is 90.5 Å². The third kappa shape index (κ3) is 3.14. The highest BCUT2D eigenvalue weighted by Gasteiger charge is 2.19. The highest BCUT2D eigenvalue weighted by atomic mass is 32.2. The van der Waals surface area contributed by atoms with Crippen LogP contribution in [0, 0.1) is 6.92 Å². The summed E-state index contributed by atoms with van der Waals surface area (Å²) < 4.78 is 8.16. The molecule has 1 amide bonds. The second-order valence-electron chi connectivity index (χ2n) is 6.02. The van der Waals surface area contributed by atoms with E-state index in [1.54, 1.807) is 19.2 Å². The van der Waals surface area contributed by atoms with Gasteiger partial charge in [0.25, 0.3) is 5.56 Å². The first-order valence-corrected chi connectivity index (χ1v) is 10.4. The molecular formula is C18H17N5O3S2. The molecule has 1 aromatic carbocycles. The molecule has 1 N–H and O–H groups in total. The number of para-hydroxylation sites is 2. The number of nitrogens with zero attached hydrogens (tertiary/aromatic N) is 4. The molecule has 0 saturated carbocycles. The SMILES string of the molecule is COc1ccccc1NC(=O)Cn1nc(SC)n2c(=O)c3cc(C)sc3nc12. The van der Waals surface area contributed by atoms with Crippen LogP contribution in [0.5, 0.6) is 5.75 Å². The van der Waals surface area contributed by atoms with Crippen LogP contribution in [0.2, 0.25) is 0 Å². The van der Waals surface area contributed by atoms with Crippen molar-refractivity contribution in [3.63, 3.8) is 0 Å². The minimum atomic E-state index is -0.293.